The molecule has 0 saturated heterocycles. The second kappa shape index (κ2) is 2.87. The molecule has 66 valence electrons. The lowest BCUT2D eigenvalue weighted by Gasteiger charge is -2.02. The molecule has 0 radical (unpaired) electrons. The van der Waals surface area contributed by atoms with E-state index in [1.807, 2.05) is 12.9 Å². The molecule has 0 spiro atoms. The number of carbonyl (C=O) groups is 1. The topological polar surface area (TPSA) is 29.1 Å². The summed E-state index contributed by atoms with van der Waals surface area (Å²) in [5.41, 5.74) is 2.08. The van der Waals surface area contributed by atoms with E-state index in [0.29, 0.717) is 12.1 Å². The molecule has 0 atom stereocenters. The van der Waals surface area contributed by atoms with Crippen molar-refractivity contribution in [3.8, 4) is 0 Å². The van der Waals surface area contributed by atoms with Crippen molar-refractivity contribution in [3.63, 3.8) is 0 Å². The van der Waals surface area contributed by atoms with Crippen LogP contribution in [0.5, 0.6) is 0 Å². The molecule has 0 aromatic heterocycles. The predicted molar refractivity (Wildman–Crippen MR) is 51.4 cm³/mol. The smallest absolute Gasteiger partial charge is 0.228 e. The van der Waals surface area contributed by atoms with E-state index in [-0.39, 0.29) is 11.7 Å². The van der Waals surface area contributed by atoms with Gasteiger partial charge in [-0.15, -0.1) is 0 Å². The summed E-state index contributed by atoms with van der Waals surface area (Å²) in [6.45, 7) is 1.96. The molecule has 1 aromatic rings. The molecule has 2 rings (SSSR count). The lowest BCUT2D eigenvalue weighted by molar-refractivity contribution is -0.115. The van der Waals surface area contributed by atoms with Crippen LogP contribution in [-0.4, -0.2) is 13.2 Å². The van der Waals surface area contributed by atoms with Gasteiger partial charge >= 0.3 is 0 Å². The Morgan fingerprint density at radius 2 is 2.31 bits per heavy atom. The highest BCUT2D eigenvalue weighted by Crippen LogP contribution is 2.24. The molecule has 1 amide bonds. The van der Waals surface area contributed by atoms with Crippen molar-refractivity contribution in [2.75, 3.05) is 5.32 Å². The molecular weight excluding hydrogens is 168 g/mol. The number of anilines is 1. The zero-order valence-corrected chi connectivity index (χ0v) is 7.36. The molecule has 1 aromatic carbocycles. The van der Waals surface area contributed by atoms with E-state index in [0.717, 1.165) is 18.3 Å². The number of amides is 1. The summed E-state index contributed by atoms with van der Waals surface area (Å²) >= 11 is 0. The molecule has 0 bridgehead atoms. The molecule has 0 saturated carbocycles. The van der Waals surface area contributed by atoms with Crippen LogP contribution in [0.4, 0.5) is 10.1 Å². The number of halogens is 1. The minimum Gasteiger partial charge on any atom is -0.323 e. The number of hydrogen-bond acceptors (Lipinski definition) is 1. The molecule has 0 unspecified atom stereocenters. The molecular formula is C9H9BFNO. The molecule has 1 N–H and O–H groups in total. The van der Waals surface area contributed by atoms with Crippen molar-refractivity contribution in [3.05, 3.63) is 23.5 Å². The normalized spacial score (nSPS) is 13.8. The first kappa shape index (κ1) is 8.29. The number of rotatable bonds is 1. The second-order valence-electron chi connectivity index (χ2n) is 3.19. The van der Waals surface area contributed by atoms with Crippen LogP contribution >= 0.6 is 0 Å². The van der Waals surface area contributed by atoms with Crippen LogP contribution in [-0.2, 0) is 11.2 Å². The Morgan fingerprint density at radius 3 is 3.00 bits per heavy atom. The van der Waals surface area contributed by atoms with Crippen molar-refractivity contribution in [1.29, 1.82) is 0 Å². The lowest BCUT2D eigenvalue weighted by atomic mass is 9.73. The zero-order chi connectivity index (χ0) is 9.42. The standard InChI is InChI=1S/C9H9BFNO/c1-10-6-2-5-3-8(13)12-9(5)7(11)4-6/h2,4,10H,3H2,1H3,(H,12,13). The minimum absolute atomic E-state index is 0.123. The van der Waals surface area contributed by atoms with Crippen molar-refractivity contribution in [2.45, 2.75) is 13.2 Å². The number of hydrogen-bond donors (Lipinski definition) is 1. The van der Waals surface area contributed by atoms with E-state index in [9.17, 15) is 9.18 Å². The van der Waals surface area contributed by atoms with Crippen molar-refractivity contribution in [2.24, 2.45) is 0 Å². The highest BCUT2D eigenvalue weighted by Gasteiger charge is 2.21. The van der Waals surface area contributed by atoms with Crippen LogP contribution < -0.4 is 10.8 Å². The maximum atomic E-state index is 13.3. The van der Waals surface area contributed by atoms with Gasteiger partial charge in [0.05, 0.1) is 12.1 Å². The molecule has 1 aliphatic rings. The van der Waals surface area contributed by atoms with E-state index in [1.165, 1.54) is 6.07 Å². The van der Waals surface area contributed by atoms with Crippen molar-refractivity contribution < 1.29 is 9.18 Å². The molecule has 0 fully saturated rings. The van der Waals surface area contributed by atoms with Gasteiger partial charge in [-0.3, -0.25) is 4.79 Å². The predicted octanol–water partition coefficient (Wildman–Crippen LogP) is 0.430. The minimum atomic E-state index is -0.319. The van der Waals surface area contributed by atoms with E-state index in [2.05, 4.69) is 5.32 Å². The summed E-state index contributed by atoms with van der Waals surface area (Å²) in [4.78, 5) is 11.0. The molecule has 1 aliphatic heterocycles. The monoisotopic (exact) mass is 177 g/mol. The fourth-order valence-electron chi connectivity index (χ4n) is 1.57. The quantitative estimate of drug-likeness (QED) is 0.619. The van der Waals surface area contributed by atoms with E-state index < -0.39 is 0 Å². The average molecular weight is 177 g/mol. The molecule has 2 nitrogen and oxygen atoms in total. The van der Waals surface area contributed by atoms with Gasteiger partial charge in [-0.1, -0.05) is 18.4 Å². The van der Waals surface area contributed by atoms with Gasteiger partial charge in [-0.2, -0.15) is 0 Å². The summed E-state index contributed by atoms with van der Waals surface area (Å²) in [5.74, 6) is -0.442. The summed E-state index contributed by atoms with van der Waals surface area (Å²) in [7, 11) is 0.790. The third-order valence-electron chi connectivity index (χ3n) is 2.26. The summed E-state index contributed by atoms with van der Waals surface area (Å²) < 4.78 is 13.3. The maximum Gasteiger partial charge on any atom is 0.228 e. The van der Waals surface area contributed by atoms with Crippen molar-refractivity contribution >= 4 is 24.3 Å². The van der Waals surface area contributed by atoms with Gasteiger partial charge in [-0.25, -0.2) is 4.39 Å². The Hall–Kier alpha value is -1.32. The highest BCUT2D eigenvalue weighted by atomic mass is 19.1. The van der Waals surface area contributed by atoms with E-state index >= 15 is 0 Å². The molecule has 1 heterocycles. The summed E-state index contributed by atoms with van der Waals surface area (Å²) in [6, 6.07) is 3.36. The summed E-state index contributed by atoms with van der Waals surface area (Å²) in [5, 5.41) is 2.50. The Morgan fingerprint density at radius 1 is 1.54 bits per heavy atom. The van der Waals surface area contributed by atoms with Gasteiger partial charge in [0.2, 0.25) is 5.91 Å². The van der Waals surface area contributed by atoms with Crippen LogP contribution in [0.25, 0.3) is 0 Å². The molecule has 13 heavy (non-hydrogen) atoms. The first-order valence-corrected chi connectivity index (χ1v) is 4.32. The Kier molecular flexibility index (Phi) is 1.83. The Labute approximate surface area is 76.4 Å². The van der Waals surface area contributed by atoms with Crippen LogP contribution in [0.1, 0.15) is 5.56 Å². The third kappa shape index (κ3) is 1.32. The van der Waals surface area contributed by atoms with Crippen LogP contribution in [0, 0.1) is 5.82 Å². The Balaban J connectivity index is 2.52. The largest absolute Gasteiger partial charge is 0.323 e. The second-order valence-corrected chi connectivity index (χ2v) is 3.19. The van der Waals surface area contributed by atoms with E-state index in [4.69, 9.17) is 0 Å². The van der Waals surface area contributed by atoms with Gasteiger partial charge in [0.15, 0.2) is 7.28 Å². The number of nitrogens with one attached hydrogen (secondary N) is 1. The number of benzene rings is 1. The van der Waals surface area contributed by atoms with Crippen LogP contribution in [0.3, 0.4) is 0 Å². The van der Waals surface area contributed by atoms with Crippen LogP contribution in [0.15, 0.2) is 12.1 Å². The van der Waals surface area contributed by atoms with Gasteiger partial charge < -0.3 is 5.32 Å². The maximum absolute atomic E-state index is 13.3. The third-order valence-corrected chi connectivity index (χ3v) is 2.26. The van der Waals surface area contributed by atoms with Crippen molar-refractivity contribution in [1.82, 2.24) is 0 Å². The van der Waals surface area contributed by atoms with Gasteiger partial charge in [0.25, 0.3) is 0 Å². The molecule has 0 aliphatic carbocycles. The lowest BCUT2D eigenvalue weighted by Crippen LogP contribution is -2.12. The first-order valence-electron chi connectivity index (χ1n) is 4.32. The first-order chi connectivity index (χ1) is 6.20. The molecule has 4 heteroatoms. The Bertz CT molecular complexity index is 378. The highest BCUT2D eigenvalue weighted by molar-refractivity contribution is 6.52. The summed E-state index contributed by atoms with van der Waals surface area (Å²) in [6.07, 6.45) is 0.306. The number of carbonyl (C=O) groups excluding carboxylic acids is 1. The SMILES string of the molecule is CBc1cc(F)c2c(c1)CC(=O)N2. The average Bonchev–Trinajstić information content (AvgIpc) is 2.46. The van der Waals surface area contributed by atoms with E-state index in [1.54, 1.807) is 0 Å². The van der Waals surface area contributed by atoms with Gasteiger partial charge in [-0.05, 0) is 11.6 Å². The van der Waals surface area contributed by atoms with Gasteiger partial charge in [0.1, 0.15) is 5.82 Å². The van der Waals surface area contributed by atoms with Crippen LogP contribution in [0.2, 0.25) is 6.82 Å². The zero-order valence-electron chi connectivity index (χ0n) is 7.36. The van der Waals surface area contributed by atoms with Gasteiger partial charge in [0, 0.05) is 0 Å². The fourth-order valence-corrected chi connectivity index (χ4v) is 1.57. The fraction of sp³-hybridized carbons (Fsp3) is 0.222. The number of fused-ring (bicyclic) bond motifs is 1.